The molecule has 2 saturated heterocycles. The summed E-state index contributed by atoms with van der Waals surface area (Å²) in [5.74, 6) is -2.99. The van der Waals surface area contributed by atoms with E-state index in [2.05, 4.69) is 27.8 Å². The molecule has 2 aliphatic heterocycles. The Labute approximate surface area is 302 Å². The average molecular weight is 713 g/mol. The van der Waals surface area contributed by atoms with Crippen LogP contribution >= 0.6 is 0 Å². The number of piperidine rings is 1. The van der Waals surface area contributed by atoms with Crippen molar-refractivity contribution in [1.82, 2.24) is 31.1 Å². The summed E-state index contributed by atoms with van der Waals surface area (Å²) >= 11 is 0. The Morgan fingerprint density at radius 2 is 1.53 bits per heavy atom. The van der Waals surface area contributed by atoms with E-state index in [9.17, 15) is 33.6 Å². The molecule has 1 unspecified atom stereocenters. The fourth-order valence-electron chi connectivity index (χ4n) is 7.58. The summed E-state index contributed by atoms with van der Waals surface area (Å²) in [5, 5.41) is 11.4. The monoisotopic (exact) mass is 712 g/mol. The summed E-state index contributed by atoms with van der Waals surface area (Å²) in [4.78, 5) is 96.7. The lowest BCUT2D eigenvalue weighted by Crippen LogP contribution is -2.63. The molecule has 4 rings (SSSR count). The Balaban J connectivity index is 1.53. The van der Waals surface area contributed by atoms with Crippen LogP contribution in [0.25, 0.3) is 0 Å². The van der Waals surface area contributed by atoms with Gasteiger partial charge in [-0.3, -0.25) is 33.7 Å². The smallest absolute Gasteiger partial charge is 0.315 e. The fourth-order valence-corrected chi connectivity index (χ4v) is 7.58. The van der Waals surface area contributed by atoms with Gasteiger partial charge in [-0.05, 0) is 60.3 Å². The van der Waals surface area contributed by atoms with Crippen molar-refractivity contribution < 1.29 is 33.6 Å². The van der Waals surface area contributed by atoms with Crippen molar-refractivity contribution in [2.24, 2.45) is 16.2 Å². The third kappa shape index (κ3) is 9.97. The number of likely N-dealkylation sites (tertiary alicyclic amines) is 2. The quantitative estimate of drug-likeness (QED) is 0.128. The van der Waals surface area contributed by atoms with E-state index >= 15 is 0 Å². The molecule has 0 aromatic carbocycles. The lowest BCUT2D eigenvalue weighted by Gasteiger charge is -2.43. The number of carbonyl (C=O) groups is 7. The Hall–Kier alpha value is -3.77. The van der Waals surface area contributed by atoms with Crippen LogP contribution in [0.2, 0.25) is 0 Å². The number of rotatable bonds is 13. The molecule has 0 spiro atoms. The minimum Gasteiger partial charge on any atom is -0.347 e. The predicted octanol–water partition coefficient (Wildman–Crippen LogP) is 3.50. The number of hydrogen-bond donors (Lipinski definition) is 4. The van der Waals surface area contributed by atoms with Crippen molar-refractivity contribution in [3.63, 3.8) is 0 Å². The number of urea groups is 1. The molecule has 2 heterocycles. The van der Waals surface area contributed by atoms with Crippen LogP contribution in [0.3, 0.4) is 0 Å². The van der Waals surface area contributed by atoms with Crippen LogP contribution in [-0.2, 0) is 28.8 Å². The highest BCUT2D eigenvalue weighted by atomic mass is 16.2. The number of nitrogens with one attached hydrogen (secondary N) is 4. The van der Waals surface area contributed by atoms with Gasteiger partial charge in [0.2, 0.25) is 29.4 Å². The van der Waals surface area contributed by atoms with E-state index in [1.54, 1.807) is 0 Å². The zero-order valence-electron chi connectivity index (χ0n) is 31.7. The largest absolute Gasteiger partial charge is 0.347 e. The van der Waals surface area contributed by atoms with Crippen LogP contribution in [0, 0.1) is 16.2 Å². The molecule has 13 nitrogen and oxygen atoms in total. The zero-order valence-corrected chi connectivity index (χ0v) is 31.7. The molecule has 13 heteroatoms. The highest BCUT2D eigenvalue weighted by molar-refractivity contribution is 6.38. The number of carbonyl (C=O) groups excluding carboxylic acids is 7. The maximum absolute atomic E-state index is 14.6. The first-order chi connectivity index (χ1) is 23.8. The van der Waals surface area contributed by atoms with Gasteiger partial charge in [0.1, 0.15) is 12.1 Å². The van der Waals surface area contributed by atoms with Crippen LogP contribution < -0.4 is 21.3 Å². The van der Waals surface area contributed by atoms with Crippen molar-refractivity contribution in [3.05, 3.63) is 12.2 Å². The molecular weight excluding hydrogens is 652 g/mol. The van der Waals surface area contributed by atoms with Crippen molar-refractivity contribution >= 4 is 41.4 Å². The molecule has 284 valence electrons. The Morgan fingerprint density at radius 3 is 2.08 bits per heavy atom. The van der Waals surface area contributed by atoms with Gasteiger partial charge in [-0.1, -0.05) is 80.7 Å². The SMILES string of the molecule is C=C1CCN(C(=O)[C@@H](NC(=O)N[C@H](CN2C(=O)CC(C)(C)CC2=O)C(C)(C)C)C2(C)CCCCC2)[C@@H]1C(=O)NC(CCC)C(=O)C(=O)NC1CC1. The molecule has 0 radical (unpaired) electrons. The van der Waals surface area contributed by atoms with Crippen molar-refractivity contribution in [1.29, 1.82) is 0 Å². The molecule has 0 bridgehead atoms. The second-order valence-electron chi connectivity index (χ2n) is 17.4. The summed E-state index contributed by atoms with van der Waals surface area (Å²) in [6, 6.07) is -4.33. The summed E-state index contributed by atoms with van der Waals surface area (Å²) in [7, 11) is 0. The van der Waals surface area contributed by atoms with E-state index in [1.807, 2.05) is 48.5 Å². The number of hydrogen-bond acceptors (Lipinski definition) is 7. The van der Waals surface area contributed by atoms with Crippen LogP contribution in [0.1, 0.15) is 126 Å². The van der Waals surface area contributed by atoms with Crippen molar-refractivity contribution in [2.75, 3.05) is 13.1 Å². The molecule has 0 aromatic rings. The molecule has 2 aliphatic carbocycles. The van der Waals surface area contributed by atoms with Gasteiger partial charge >= 0.3 is 6.03 Å². The normalized spacial score (nSPS) is 23.6. The lowest BCUT2D eigenvalue weighted by molar-refractivity contribution is -0.153. The van der Waals surface area contributed by atoms with Crippen LogP contribution in [0.15, 0.2) is 12.2 Å². The highest BCUT2D eigenvalue weighted by Crippen LogP contribution is 2.41. The Kier molecular flexibility index (Phi) is 12.4. The van der Waals surface area contributed by atoms with Gasteiger partial charge in [-0.2, -0.15) is 0 Å². The number of ketones is 1. The zero-order chi connectivity index (χ0) is 37.9. The summed E-state index contributed by atoms with van der Waals surface area (Å²) in [6.07, 6.45) is 7.43. The molecule has 4 aliphatic rings. The minimum atomic E-state index is -1.07. The van der Waals surface area contributed by atoms with Gasteiger partial charge in [0.15, 0.2) is 0 Å². The van der Waals surface area contributed by atoms with Gasteiger partial charge in [-0.25, -0.2) is 4.79 Å². The first-order valence-electron chi connectivity index (χ1n) is 18.8. The lowest BCUT2D eigenvalue weighted by atomic mass is 9.70. The third-order valence-electron chi connectivity index (χ3n) is 11.0. The summed E-state index contributed by atoms with van der Waals surface area (Å²) in [6.45, 7) is 17.7. The van der Waals surface area contributed by atoms with Crippen LogP contribution in [0.5, 0.6) is 0 Å². The minimum absolute atomic E-state index is 0.00503. The first-order valence-corrected chi connectivity index (χ1v) is 18.8. The number of Topliss-reactive ketones (excluding diaryl/α,β-unsaturated/α-hetero) is 1. The Bertz CT molecular complexity index is 1390. The summed E-state index contributed by atoms with van der Waals surface area (Å²) < 4.78 is 0. The predicted molar refractivity (Wildman–Crippen MR) is 192 cm³/mol. The van der Waals surface area contributed by atoms with Crippen LogP contribution in [0.4, 0.5) is 4.79 Å². The molecule has 4 fully saturated rings. The van der Waals surface area contributed by atoms with E-state index in [4.69, 9.17) is 0 Å². The van der Waals surface area contributed by atoms with E-state index in [-0.39, 0.29) is 50.2 Å². The summed E-state index contributed by atoms with van der Waals surface area (Å²) in [5.41, 5.74) is -1.07. The molecule has 51 heavy (non-hydrogen) atoms. The highest BCUT2D eigenvalue weighted by Gasteiger charge is 2.48. The van der Waals surface area contributed by atoms with Gasteiger partial charge < -0.3 is 26.2 Å². The van der Waals surface area contributed by atoms with E-state index in [0.717, 1.165) is 32.1 Å². The maximum atomic E-state index is 14.6. The van der Waals surface area contributed by atoms with Crippen LogP contribution in [-0.4, -0.2) is 94.4 Å². The maximum Gasteiger partial charge on any atom is 0.315 e. The standard InChI is InChI=1S/C38H60N6O7/c1-9-13-25(30(47)33(49)39-24-14-15-24)40-32(48)29-23(2)16-19-43(29)34(50)31(38(8)17-11-10-12-18-38)42-35(51)41-26(36(3,4)5)22-44-27(45)20-37(6,7)21-28(44)46/h24-26,29,31H,2,9-22H2,1,3-8H3,(H,39,49)(H,40,48)(H2,41,42,51)/t25?,26-,29+,31-/m1/s1. The van der Waals surface area contributed by atoms with E-state index < -0.39 is 69.9 Å². The molecule has 4 atom stereocenters. The molecule has 7 amide bonds. The van der Waals surface area contributed by atoms with Gasteiger partial charge in [0.25, 0.3) is 5.91 Å². The van der Waals surface area contributed by atoms with Gasteiger partial charge in [0.05, 0.1) is 12.1 Å². The molecular formula is C38H60N6O7. The van der Waals surface area contributed by atoms with Gasteiger partial charge in [-0.15, -0.1) is 0 Å². The molecule has 4 N–H and O–H groups in total. The van der Waals surface area contributed by atoms with Crippen molar-refractivity contribution in [3.8, 4) is 0 Å². The fraction of sp³-hybridized carbons (Fsp3) is 0.763. The number of amides is 7. The van der Waals surface area contributed by atoms with Gasteiger partial charge in [0, 0.05) is 32.0 Å². The molecule has 2 saturated carbocycles. The number of nitrogens with zero attached hydrogens (tertiary/aromatic N) is 2. The topological polar surface area (TPSA) is 174 Å². The van der Waals surface area contributed by atoms with E-state index in [0.29, 0.717) is 31.3 Å². The third-order valence-corrected chi connectivity index (χ3v) is 11.0. The number of imide groups is 1. The second-order valence-corrected chi connectivity index (χ2v) is 17.4. The first kappa shape index (κ1) is 40.0. The Morgan fingerprint density at radius 1 is 0.922 bits per heavy atom. The van der Waals surface area contributed by atoms with Crippen molar-refractivity contribution in [2.45, 2.75) is 156 Å². The van der Waals surface area contributed by atoms with E-state index in [1.165, 1.54) is 9.80 Å². The average Bonchev–Trinajstić information content (AvgIpc) is 3.76. The molecule has 0 aromatic heterocycles. The second kappa shape index (κ2) is 15.9.